The summed E-state index contributed by atoms with van der Waals surface area (Å²) in [4.78, 5) is 17.3. The van der Waals surface area contributed by atoms with E-state index in [9.17, 15) is 13.2 Å². The average Bonchev–Trinajstić information content (AvgIpc) is 3.44. The number of carbonyl (C=O) groups excluding carboxylic acids is 1. The van der Waals surface area contributed by atoms with Crippen LogP contribution in [0, 0.1) is 0 Å². The summed E-state index contributed by atoms with van der Waals surface area (Å²) in [6.45, 7) is 0. The van der Waals surface area contributed by atoms with Gasteiger partial charge in [-0.05, 0) is 60.7 Å². The second-order valence-corrected chi connectivity index (χ2v) is 12.1. The van der Waals surface area contributed by atoms with Crippen LogP contribution >= 0.6 is 23.5 Å². The van der Waals surface area contributed by atoms with Gasteiger partial charge in [-0.3, -0.25) is 14.4 Å². The summed E-state index contributed by atoms with van der Waals surface area (Å²) in [6.07, 6.45) is 0. The first-order valence-corrected chi connectivity index (χ1v) is 15.1. The van der Waals surface area contributed by atoms with Crippen LogP contribution in [0.15, 0.2) is 127 Å². The third-order valence-corrected chi connectivity index (χ3v) is 9.18. The van der Waals surface area contributed by atoms with Crippen molar-refractivity contribution < 1.29 is 17.6 Å². The molecule has 39 heavy (non-hydrogen) atoms. The molecule has 0 radical (unpaired) electrons. The molecule has 1 N–H and O–H groups in total. The van der Waals surface area contributed by atoms with E-state index in [4.69, 9.17) is 4.42 Å². The number of amides is 1. The number of sulfonamides is 1. The van der Waals surface area contributed by atoms with E-state index in [0.717, 1.165) is 21.2 Å². The van der Waals surface area contributed by atoms with Gasteiger partial charge in [0.25, 0.3) is 15.2 Å². The van der Waals surface area contributed by atoms with Crippen LogP contribution < -0.4 is 9.62 Å². The van der Waals surface area contributed by atoms with E-state index in [1.54, 1.807) is 59.1 Å². The van der Waals surface area contributed by atoms with Crippen molar-refractivity contribution in [3.05, 3.63) is 103 Å². The summed E-state index contributed by atoms with van der Waals surface area (Å²) in [5.74, 6) is 0.275. The Balaban J connectivity index is 1.14. The number of anilines is 3. The average molecular weight is 573 g/mol. The number of carbonyl (C=O) groups is 1. The summed E-state index contributed by atoms with van der Waals surface area (Å²) in [7, 11) is -3.69. The fourth-order valence-electron chi connectivity index (χ4n) is 4.04. The fourth-order valence-corrected chi connectivity index (χ4v) is 6.79. The molecule has 0 spiro atoms. The topological polar surface area (TPSA) is 105 Å². The van der Waals surface area contributed by atoms with Crippen molar-refractivity contribution in [3.8, 4) is 11.5 Å². The second kappa shape index (κ2) is 10.6. The smallest absolute Gasteiger partial charge is 0.277 e. The Hall–Kier alpha value is -4.06. The third-order valence-electron chi connectivity index (χ3n) is 5.84. The largest absolute Gasteiger partial charge is 0.411 e. The SMILES string of the molecule is O=C(CSc1nnc(-c2ccc(NS(=O)(=O)c3ccccc3)cc2)o1)N1c2ccccc2Sc2ccccc21. The number of nitrogens with zero attached hydrogens (tertiary/aromatic N) is 3. The molecule has 1 amide bonds. The number of benzene rings is 4. The molecule has 11 heteroatoms. The molecule has 0 atom stereocenters. The highest BCUT2D eigenvalue weighted by Gasteiger charge is 2.28. The Bertz CT molecular complexity index is 1710. The molecule has 0 aliphatic carbocycles. The number of fused-ring (bicyclic) bond motifs is 2. The number of nitrogens with one attached hydrogen (secondary N) is 1. The molecule has 0 bridgehead atoms. The highest BCUT2D eigenvalue weighted by molar-refractivity contribution is 8.00. The van der Waals surface area contributed by atoms with E-state index < -0.39 is 10.0 Å². The Morgan fingerprint density at radius 2 is 1.44 bits per heavy atom. The fraction of sp³-hybridized carbons (Fsp3) is 0.0357. The molecule has 0 saturated carbocycles. The zero-order valence-corrected chi connectivity index (χ0v) is 22.7. The summed E-state index contributed by atoms with van der Waals surface area (Å²) in [5, 5.41) is 8.44. The standard InChI is InChI=1S/C28H20N4O4S3/c33-26(32-22-10-4-6-12-24(22)38-25-13-7-5-11-23(25)32)18-37-28-30-29-27(36-28)19-14-16-20(17-15-19)31-39(34,35)21-8-2-1-3-9-21/h1-17,31H,18H2. The lowest BCUT2D eigenvalue weighted by Gasteiger charge is -2.30. The van der Waals surface area contributed by atoms with Crippen LogP contribution in [-0.2, 0) is 14.8 Å². The number of para-hydroxylation sites is 2. The van der Waals surface area contributed by atoms with Gasteiger partial charge in [-0.1, -0.05) is 66.0 Å². The van der Waals surface area contributed by atoms with Gasteiger partial charge in [-0.25, -0.2) is 8.42 Å². The van der Waals surface area contributed by atoms with Gasteiger partial charge >= 0.3 is 0 Å². The van der Waals surface area contributed by atoms with Gasteiger partial charge in [-0.15, -0.1) is 10.2 Å². The van der Waals surface area contributed by atoms with Crippen LogP contribution in [0.25, 0.3) is 11.5 Å². The van der Waals surface area contributed by atoms with Gasteiger partial charge in [0.05, 0.1) is 22.0 Å². The molecule has 0 saturated heterocycles. The molecular weight excluding hydrogens is 553 g/mol. The van der Waals surface area contributed by atoms with Crippen molar-refractivity contribution in [2.24, 2.45) is 0 Å². The second-order valence-electron chi connectivity index (χ2n) is 8.42. The van der Waals surface area contributed by atoms with Crippen LogP contribution in [0.5, 0.6) is 0 Å². The first-order chi connectivity index (χ1) is 19.0. The summed E-state index contributed by atoms with van der Waals surface area (Å²) in [5.41, 5.74) is 2.73. The maximum absolute atomic E-state index is 13.4. The van der Waals surface area contributed by atoms with E-state index in [2.05, 4.69) is 14.9 Å². The molecule has 1 aliphatic heterocycles. The third kappa shape index (κ3) is 5.29. The van der Waals surface area contributed by atoms with Crippen LogP contribution in [0.2, 0.25) is 0 Å². The zero-order chi connectivity index (χ0) is 26.8. The molecule has 1 aliphatic rings. The highest BCUT2D eigenvalue weighted by Crippen LogP contribution is 2.48. The van der Waals surface area contributed by atoms with Crippen LogP contribution in [0.4, 0.5) is 17.1 Å². The maximum atomic E-state index is 13.4. The zero-order valence-electron chi connectivity index (χ0n) is 20.2. The van der Waals surface area contributed by atoms with Gasteiger partial charge in [0.1, 0.15) is 0 Å². The van der Waals surface area contributed by atoms with Gasteiger partial charge in [0.15, 0.2) is 0 Å². The molecule has 0 unspecified atom stereocenters. The number of thioether (sulfide) groups is 1. The monoisotopic (exact) mass is 572 g/mol. The molecule has 8 nitrogen and oxygen atoms in total. The van der Waals surface area contributed by atoms with Gasteiger partial charge in [0.2, 0.25) is 11.8 Å². The van der Waals surface area contributed by atoms with Crippen molar-refractivity contribution in [2.75, 3.05) is 15.4 Å². The van der Waals surface area contributed by atoms with Crippen molar-refractivity contribution in [2.45, 2.75) is 19.9 Å². The predicted octanol–water partition coefficient (Wildman–Crippen LogP) is 6.46. The first kappa shape index (κ1) is 25.2. The lowest BCUT2D eigenvalue weighted by Crippen LogP contribution is -2.29. The molecular formula is C28H20N4O4S3. The highest BCUT2D eigenvalue weighted by atomic mass is 32.2. The molecule has 5 aromatic rings. The quantitative estimate of drug-likeness (QED) is 0.222. The molecule has 4 aromatic carbocycles. The summed E-state index contributed by atoms with van der Waals surface area (Å²) in [6, 6.07) is 30.4. The van der Waals surface area contributed by atoms with Crippen LogP contribution in [-0.4, -0.2) is 30.3 Å². The Labute approximate surface area is 233 Å². The van der Waals surface area contributed by atoms with Crippen LogP contribution in [0.3, 0.4) is 0 Å². The Morgan fingerprint density at radius 1 is 0.821 bits per heavy atom. The van der Waals surface area contributed by atoms with Crippen molar-refractivity contribution in [3.63, 3.8) is 0 Å². The predicted molar refractivity (Wildman–Crippen MR) is 152 cm³/mol. The molecule has 1 aromatic heterocycles. The minimum atomic E-state index is -3.69. The van der Waals surface area contributed by atoms with E-state index >= 15 is 0 Å². The number of aromatic nitrogens is 2. The van der Waals surface area contributed by atoms with Crippen molar-refractivity contribution in [1.82, 2.24) is 10.2 Å². The molecule has 6 rings (SSSR count). The molecule has 0 fully saturated rings. The molecule has 194 valence electrons. The van der Waals surface area contributed by atoms with E-state index in [1.165, 1.54) is 23.9 Å². The van der Waals surface area contributed by atoms with Crippen molar-refractivity contribution in [1.29, 1.82) is 0 Å². The summed E-state index contributed by atoms with van der Waals surface area (Å²) < 4.78 is 33.4. The number of hydrogen-bond donors (Lipinski definition) is 1. The lowest BCUT2D eigenvalue weighted by molar-refractivity contribution is -0.115. The number of hydrogen-bond acceptors (Lipinski definition) is 8. The van der Waals surface area contributed by atoms with Gasteiger partial charge in [0, 0.05) is 21.0 Å². The van der Waals surface area contributed by atoms with E-state index in [1.807, 2.05) is 48.5 Å². The van der Waals surface area contributed by atoms with Gasteiger partial charge in [-0.2, -0.15) is 0 Å². The van der Waals surface area contributed by atoms with E-state index in [-0.39, 0.29) is 27.7 Å². The first-order valence-electron chi connectivity index (χ1n) is 11.8. The van der Waals surface area contributed by atoms with Gasteiger partial charge < -0.3 is 4.42 Å². The Kier molecular flexibility index (Phi) is 6.86. The normalized spacial score (nSPS) is 12.5. The summed E-state index contributed by atoms with van der Waals surface area (Å²) >= 11 is 2.81. The lowest BCUT2D eigenvalue weighted by atomic mass is 10.2. The van der Waals surface area contributed by atoms with E-state index in [0.29, 0.717) is 11.3 Å². The minimum absolute atomic E-state index is 0.102. The number of rotatable bonds is 7. The molecule has 2 heterocycles. The van der Waals surface area contributed by atoms with Crippen LogP contribution in [0.1, 0.15) is 0 Å². The Morgan fingerprint density at radius 3 is 2.10 bits per heavy atom. The maximum Gasteiger partial charge on any atom is 0.277 e. The van der Waals surface area contributed by atoms with Crippen molar-refractivity contribution >= 4 is 56.5 Å². The minimum Gasteiger partial charge on any atom is -0.411 e.